The van der Waals surface area contributed by atoms with Gasteiger partial charge in [-0.25, -0.2) is 0 Å². The third kappa shape index (κ3) is 3.75. The Morgan fingerprint density at radius 3 is 2.73 bits per heavy atom. The number of hydrogen-bond acceptors (Lipinski definition) is 3. The van der Waals surface area contributed by atoms with E-state index < -0.39 is 0 Å². The summed E-state index contributed by atoms with van der Waals surface area (Å²) in [6, 6.07) is 0.173. The van der Waals surface area contributed by atoms with Crippen molar-refractivity contribution in [1.29, 1.82) is 0 Å². The minimum Gasteiger partial charge on any atom is -0.495 e. The van der Waals surface area contributed by atoms with Gasteiger partial charge in [-0.3, -0.25) is 0 Å². The summed E-state index contributed by atoms with van der Waals surface area (Å²) in [4.78, 5) is 0. The predicted octanol–water partition coefficient (Wildman–Crippen LogP) is 4.18. The third-order valence-electron chi connectivity index (χ3n) is 5.45. The molecule has 2 N–H and O–H groups in total. The average molecular weight is 307 g/mol. The molecular formula is C19H33NO2. The second kappa shape index (κ2) is 6.76. The molecule has 3 heteroatoms. The van der Waals surface area contributed by atoms with Gasteiger partial charge in [0.05, 0.1) is 18.0 Å². The minimum atomic E-state index is -0.134. The zero-order valence-electron chi connectivity index (χ0n) is 14.9. The largest absolute Gasteiger partial charge is 0.495 e. The van der Waals surface area contributed by atoms with Gasteiger partial charge >= 0.3 is 0 Å². The Balaban J connectivity index is 2.01. The molecule has 22 heavy (non-hydrogen) atoms. The Bertz CT molecular complexity index is 450. The number of ether oxygens (including phenoxy) is 2. The lowest BCUT2D eigenvalue weighted by atomic mass is 9.77. The van der Waals surface area contributed by atoms with E-state index in [0.717, 1.165) is 38.0 Å². The van der Waals surface area contributed by atoms with Crippen molar-refractivity contribution in [2.24, 2.45) is 17.6 Å². The molecule has 3 nitrogen and oxygen atoms in total. The van der Waals surface area contributed by atoms with Crippen molar-refractivity contribution >= 4 is 0 Å². The molecule has 2 aliphatic rings. The van der Waals surface area contributed by atoms with Gasteiger partial charge in [0.2, 0.25) is 0 Å². The molecule has 126 valence electrons. The van der Waals surface area contributed by atoms with Crippen molar-refractivity contribution < 1.29 is 9.47 Å². The standard InChI is InChI=1S/C19H33NO2/c1-7-15-9-16(22-13(3)8-12(2)14(4)20)10-18-17(15)11-21-19(18,5)6/h12,14-16H,3,7-11,20H2,1-2,4-6H3. The maximum atomic E-state index is 6.21. The predicted molar refractivity (Wildman–Crippen MR) is 91.5 cm³/mol. The van der Waals surface area contributed by atoms with Crippen molar-refractivity contribution in [3.05, 3.63) is 23.5 Å². The van der Waals surface area contributed by atoms with E-state index >= 15 is 0 Å². The first kappa shape index (κ1) is 17.6. The Morgan fingerprint density at radius 1 is 1.45 bits per heavy atom. The van der Waals surface area contributed by atoms with Gasteiger partial charge in [0, 0.05) is 18.9 Å². The van der Waals surface area contributed by atoms with Crippen LogP contribution in [0.5, 0.6) is 0 Å². The van der Waals surface area contributed by atoms with Crippen LogP contribution in [0, 0.1) is 11.8 Å². The molecule has 0 fully saturated rings. The Morgan fingerprint density at radius 2 is 2.14 bits per heavy atom. The first-order valence-corrected chi connectivity index (χ1v) is 8.71. The molecule has 0 amide bonds. The summed E-state index contributed by atoms with van der Waals surface area (Å²) in [7, 11) is 0. The van der Waals surface area contributed by atoms with Crippen molar-refractivity contribution in [3.63, 3.8) is 0 Å². The van der Waals surface area contributed by atoms with Gasteiger partial charge in [-0.05, 0) is 56.6 Å². The van der Waals surface area contributed by atoms with E-state index in [9.17, 15) is 0 Å². The van der Waals surface area contributed by atoms with Crippen LogP contribution in [0.4, 0.5) is 0 Å². The van der Waals surface area contributed by atoms with Crippen LogP contribution in [-0.2, 0) is 9.47 Å². The molecule has 4 atom stereocenters. The SMILES string of the molecule is C=C(CC(C)C(C)N)OC1CC2=C(COC2(C)C)C(CC)C1. The fourth-order valence-corrected chi connectivity index (χ4v) is 3.66. The summed E-state index contributed by atoms with van der Waals surface area (Å²) in [5.74, 6) is 1.87. The van der Waals surface area contributed by atoms with Gasteiger partial charge in [-0.15, -0.1) is 0 Å². The molecule has 0 bridgehead atoms. The average Bonchev–Trinajstić information content (AvgIpc) is 2.73. The smallest absolute Gasteiger partial charge is 0.103 e. The zero-order valence-corrected chi connectivity index (χ0v) is 14.9. The van der Waals surface area contributed by atoms with E-state index in [1.54, 1.807) is 0 Å². The van der Waals surface area contributed by atoms with Crippen LogP contribution in [0.1, 0.15) is 60.3 Å². The summed E-state index contributed by atoms with van der Waals surface area (Å²) in [5, 5.41) is 0. The normalized spacial score (nSPS) is 29.9. The van der Waals surface area contributed by atoms with Crippen LogP contribution < -0.4 is 5.73 Å². The van der Waals surface area contributed by atoms with Crippen LogP contribution in [0.15, 0.2) is 23.5 Å². The number of hydrogen-bond donors (Lipinski definition) is 1. The highest BCUT2D eigenvalue weighted by Crippen LogP contribution is 2.45. The third-order valence-corrected chi connectivity index (χ3v) is 5.45. The van der Waals surface area contributed by atoms with Crippen molar-refractivity contribution in [3.8, 4) is 0 Å². The number of rotatable bonds is 6. The molecule has 1 heterocycles. The molecule has 1 aliphatic heterocycles. The van der Waals surface area contributed by atoms with Crippen molar-refractivity contribution in [1.82, 2.24) is 0 Å². The highest BCUT2D eigenvalue weighted by Gasteiger charge is 2.41. The summed E-state index contributed by atoms with van der Waals surface area (Å²) in [5.41, 5.74) is 8.80. The fraction of sp³-hybridized carbons (Fsp3) is 0.789. The van der Waals surface area contributed by atoms with E-state index in [-0.39, 0.29) is 17.7 Å². The quantitative estimate of drug-likeness (QED) is 0.591. The summed E-state index contributed by atoms with van der Waals surface area (Å²) in [6.07, 6.45) is 4.29. The molecule has 2 rings (SSSR count). The Hall–Kier alpha value is -0.800. The van der Waals surface area contributed by atoms with Gasteiger partial charge < -0.3 is 15.2 Å². The molecule has 0 saturated heterocycles. The van der Waals surface area contributed by atoms with E-state index in [0.29, 0.717) is 11.8 Å². The maximum Gasteiger partial charge on any atom is 0.103 e. The van der Waals surface area contributed by atoms with E-state index in [1.165, 1.54) is 11.1 Å². The summed E-state index contributed by atoms with van der Waals surface area (Å²) >= 11 is 0. The topological polar surface area (TPSA) is 44.5 Å². The summed E-state index contributed by atoms with van der Waals surface area (Å²) in [6.45, 7) is 15.7. The van der Waals surface area contributed by atoms with Gasteiger partial charge in [-0.1, -0.05) is 20.4 Å². The van der Waals surface area contributed by atoms with E-state index in [2.05, 4.69) is 34.3 Å². The Labute approximate surface area is 135 Å². The van der Waals surface area contributed by atoms with Crippen LogP contribution in [-0.4, -0.2) is 24.4 Å². The van der Waals surface area contributed by atoms with Crippen LogP contribution in [0.25, 0.3) is 0 Å². The van der Waals surface area contributed by atoms with Crippen LogP contribution in [0.3, 0.4) is 0 Å². The molecule has 0 aromatic rings. The molecular weight excluding hydrogens is 274 g/mol. The summed E-state index contributed by atoms with van der Waals surface area (Å²) < 4.78 is 12.2. The van der Waals surface area contributed by atoms with Gasteiger partial charge in [-0.2, -0.15) is 0 Å². The second-order valence-corrected chi connectivity index (χ2v) is 7.67. The lowest BCUT2D eigenvalue weighted by Crippen LogP contribution is -2.31. The first-order chi connectivity index (χ1) is 10.2. The van der Waals surface area contributed by atoms with Crippen molar-refractivity contribution in [2.45, 2.75) is 78.0 Å². The van der Waals surface area contributed by atoms with Gasteiger partial charge in [0.25, 0.3) is 0 Å². The highest BCUT2D eigenvalue weighted by atomic mass is 16.5. The molecule has 1 aliphatic carbocycles. The van der Waals surface area contributed by atoms with E-state index in [1.807, 2.05) is 6.92 Å². The van der Waals surface area contributed by atoms with Crippen molar-refractivity contribution in [2.75, 3.05) is 6.61 Å². The highest BCUT2D eigenvalue weighted by molar-refractivity contribution is 5.32. The Kier molecular flexibility index (Phi) is 5.39. The van der Waals surface area contributed by atoms with Crippen LogP contribution in [0.2, 0.25) is 0 Å². The minimum absolute atomic E-state index is 0.134. The molecule has 0 aromatic heterocycles. The fourth-order valence-electron chi connectivity index (χ4n) is 3.66. The van der Waals surface area contributed by atoms with Crippen LogP contribution >= 0.6 is 0 Å². The first-order valence-electron chi connectivity index (χ1n) is 8.71. The van der Waals surface area contributed by atoms with Gasteiger partial charge in [0.1, 0.15) is 6.10 Å². The van der Waals surface area contributed by atoms with Gasteiger partial charge in [0.15, 0.2) is 0 Å². The molecule has 0 spiro atoms. The lowest BCUT2D eigenvalue weighted by molar-refractivity contribution is 0.0399. The van der Waals surface area contributed by atoms with E-state index in [4.69, 9.17) is 15.2 Å². The zero-order chi connectivity index (χ0) is 16.5. The molecule has 0 radical (unpaired) electrons. The number of allylic oxidation sites excluding steroid dienone is 1. The molecule has 0 saturated carbocycles. The second-order valence-electron chi connectivity index (χ2n) is 7.67. The molecule has 0 aromatic carbocycles. The lowest BCUT2D eigenvalue weighted by Gasteiger charge is -2.34. The monoisotopic (exact) mass is 307 g/mol. The maximum absolute atomic E-state index is 6.21. The molecule has 4 unspecified atom stereocenters. The number of nitrogens with two attached hydrogens (primary N) is 1.